The van der Waals surface area contributed by atoms with E-state index in [1.165, 1.54) is 0 Å². The summed E-state index contributed by atoms with van der Waals surface area (Å²) in [6, 6.07) is 0. The van der Waals surface area contributed by atoms with Gasteiger partial charge in [0.1, 0.15) is 19.0 Å². The normalized spacial score (nSPS) is 34.5. The molecule has 2 rings (SSSR count). The molecule has 6 nitrogen and oxygen atoms in total. The van der Waals surface area contributed by atoms with E-state index in [0.717, 1.165) is 8.93 Å². The Morgan fingerprint density at radius 2 is 1.70 bits per heavy atom. The van der Waals surface area contributed by atoms with Crippen LogP contribution in [0.1, 0.15) is 12.8 Å². The number of ether oxygens (including phenoxy) is 4. The van der Waals surface area contributed by atoms with Gasteiger partial charge in [0, 0.05) is 43.0 Å². The van der Waals surface area contributed by atoms with Crippen molar-refractivity contribution >= 4 is 53.4 Å². The van der Waals surface area contributed by atoms with E-state index < -0.39 is 17.5 Å². The molecule has 0 bridgehead atoms. The summed E-state index contributed by atoms with van der Waals surface area (Å²) in [5.74, 6) is 0. The number of hydrogen-bond donors (Lipinski definition) is 1. The van der Waals surface area contributed by atoms with Crippen LogP contribution in [0.3, 0.4) is 0 Å². The van der Waals surface area contributed by atoms with Gasteiger partial charge in [-0.05, 0) is 12.2 Å². The zero-order valence-electron chi connectivity index (χ0n) is 10.3. The van der Waals surface area contributed by atoms with Crippen LogP contribution in [0, 0.1) is 0 Å². The van der Waals surface area contributed by atoms with Crippen LogP contribution in [0.2, 0.25) is 0 Å². The minimum absolute atomic E-state index is 0.182. The molecular formula is C11H13IO6S2. The number of hydrogen-bond acceptors (Lipinski definition) is 7. The third kappa shape index (κ3) is 4.79. The van der Waals surface area contributed by atoms with Gasteiger partial charge in [-0.1, -0.05) is 12.6 Å². The van der Waals surface area contributed by atoms with Crippen LogP contribution in [-0.2, 0) is 18.9 Å². The smallest absolute Gasteiger partial charge is 0.378 e. The van der Waals surface area contributed by atoms with Gasteiger partial charge in [-0.2, -0.15) is 0 Å². The van der Waals surface area contributed by atoms with Crippen LogP contribution in [0.5, 0.6) is 0 Å². The second-order valence-corrected chi connectivity index (χ2v) is 6.46. The summed E-state index contributed by atoms with van der Waals surface area (Å²) in [4.78, 5) is 22.3. The molecular weight excluding hydrogens is 419 g/mol. The first-order valence-corrected chi connectivity index (χ1v) is 9.69. The molecule has 112 valence electrons. The Kier molecular flexibility index (Phi) is 6.46. The van der Waals surface area contributed by atoms with E-state index in [2.05, 4.69) is 12.6 Å². The van der Waals surface area contributed by atoms with E-state index in [4.69, 9.17) is 18.9 Å². The van der Waals surface area contributed by atoms with E-state index in [1.807, 2.05) is 21.2 Å². The lowest BCUT2D eigenvalue weighted by Gasteiger charge is -2.26. The van der Waals surface area contributed by atoms with E-state index in [1.54, 1.807) is 12.2 Å². The van der Waals surface area contributed by atoms with Gasteiger partial charge in [-0.3, -0.25) is 0 Å². The van der Waals surface area contributed by atoms with Gasteiger partial charge in [-0.25, -0.2) is 9.59 Å². The van der Waals surface area contributed by atoms with Gasteiger partial charge < -0.3 is 18.9 Å². The quantitative estimate of drug-likeness (QED) is 0.311. The second kappa shape index (κ2) is 7.87. The zero-order valence-corrected chi connectivity index (χ0v) is 14.1. The Hall–Kier alpha value is 0.0300. The summed E-state index contributed by atoms with van der Waals surface area (Å²) in [6.45, 7) is 0.193. The molecule has 0 radical (unpaired) electrons. The average Bonchev–Trinajstić information content (AvgIpc) is 2.79. The lowest BCUT2D eigenvalue weighted by Crippen LogP contribution is -2.34. The predicted octanol–water partition coefficient (Wildman–Crippen LogP) is 3.10. The maximum atomic E-state index is 11.4. The van der Waals surface area contributed by atoms with E-state index in [-0.39, 0.29) is 24.3 Å². The largest absolute Gasteiger partial charge is 0.450 e. The van der Waals surface area contributed by atoms with Gasteiger partial charge in [0.2, 0.25) is 0 Å². The molecule has 20 heavy (non-hydrogen) atoms. The Labute approximate surface area is 137 Å². The average molecular weight is 432 g/mol. The van der Waals surface area contributed by atoms with Crippen molar-refractivity contribution in [1.82, 2.24) is 0 Å². The molecule has 0 aromatic rings. The number of carbonyl (C=O) groups excluding carboxylic acids is 2. The molecule has 2 aliphatic rings. The summed E-state index contributed by atoms with van der Waals surface area (Å²) in [5.41, 5.74) is 0. The van der Waals surface area contributed by atoms with Crippen LogP contribution in [0.25, 0.3) is 0 Å². The highest BCUT2D eigenvalue weighted by Gasteiger charge is 2.35. The van der Waals surface area contributed by atoms with Crippen LogP contribution in [-0.4, -0.2) is 41.8 Å². The highest BCUT2D eigenvalue weighted by atomic mass is 127. The molecule has 4 atom stereocenters. The summed E-state index contributed by atoms with van der Waals surface area (Å²) >= 11 is 5.46. The number of carbonyl (C=O) groups is 2. The first kappa shape index (κ1) is 16.4. The predicted molar refractivity (Wildman–Crippen MR) is 84.1 cm³/mol. The standard InChI is InChI=1S/C11H13IO6S2/c12-20-11(14)18-7-2-1-6(17-10(13)19)3-8-9(4-7)16-5-15-8/h1-2,6-9H,3-5H2,(H,13,19)/b2-1+. The summed E-state index contributed by atoms with van der Waals surface area (Å²) in [7, 11) is 0.972. The minimum atomic E-state index is -0.660. The van der Waals surface area contributed by atoms with Crippen molar-refractivity contribution in [1.29, 1.82) is 0 Å². The fourth-order valence-corrected chi connectivity index (χ4v) is 2.78. The number of thiol groups is 1. The van der Waals surface area contributed by atoms with E-state index >= 15 is 0 Å². The fourth-order valence-electron chi connectivity index (χ4n) is 2.18. The Bertz CT molecular complexity index is 404. The van der Waals surface area contributed by atoms with Crippen molar-refractivity contribution in [3.63, 3.8) is 0 Å². The molecule has 1 saturated heterocycles. The Morgan fingerprint density at radius 3 is 2.20 bits per heavy atom. The summed E-state index contributed by atoms with van der Waals surface area (Å²) < 4.78 is 21.3. The SMILES string of the molecule is O=C(S)OC1/C=C/C(OC(=O)SI)CC2OCOC2C1. The van der Waals surface area contributed by atoms with Crippen molar-refractivity contribution in [3.8, 4) is 0 Å². The molecule has 0 amide bonds. The third-order valence-electron chi connectivity index (χ3n) is 3.01. The number of halogens is 1. The van der Waals surface area contributed by atoms with Crippen molar-refractivity contribution in [2.45, 2.75) is 37.3 Å². The first-order chi connectivity index (χ1) is 9.58. The van der Waals surface area contributed by atoms with Crippen molar-refractivity contribution in [2.24, 2.45) is 0 Å². The lowest BCUT2D eigenvalue weighted by atomic mass is 9.97. The number of rotatable bonds is 2. The van der Waals surface area contributed by atoms with Crippen molar-refractivity contribution in [3.05, 3.63) is 12.2 Å². The molecule has 9 heteroatoms. The molecule has 0 aromatic heterocycles. The molecule has 1 aliphatic carbocycles. The van der Waals surface area contributed by atoms with Gasteiger partial charge in [-0.15, -0.1) is 0 Å². The molecule has 1 heterocycles. The first-order valence-electron chi connectivity index (χ1n) is 5.89. The topological polar surface area (TPSA) is 71.1 Å². The Balaban J connectivity index is 2.08. The molecule has 4 unspecified atom stereocenters. The monoisotopic (exact) mass is 432 g/mol. The van der Waals surface area contributed by atoms with Crippen molar-refractivity contribution < 1.29 is 28.5 Å². The molecule has 0 saturated carbocycles. The molecule has 0 spiro atoms. The van der Waals surface area contributed by atoms with Crippen LogP contribution in [0.15, 0.2) is 12.2 Å². The molecule has 1 fully saturated rings. The Morgan fingerprint density at radius 1 is 1.15 bits per heavy atom. The third-order valence-corrected chi connectivity index (χ3v) is 4.42. The summed E-state index contributed by atoms with van der Waals surface area (Å²) in [6.07, 6.45) is 3.15. The van der Waals surface area contributed by atoms with E-state index in [9.17, 15) is 9.59 Å². The minimum Gasteiger partial charge on any atom is -0.450 e. The van der Waals surface area contributed by atoms with Crippen LogP contribution < -0.4 is 0 Å². The lowest BCUT2D eigenvalue weighted by molar-refractivity contribution is 0.0283. The highest BCUT2D eigenvalue weighted by molar-refractivity contribution is 14.2. The van der Waals surface area contributed by atoms with Crippen molar-refractivity contribution in [2.75, 3.05) is 6.79 Å². The molecule has 0 aromatic carbocycles. The van der Waals surface area contributed by atoms with Gasteiger partial charge in [0.25, 0.3) is 0 Å². The maximum absolute atomic E-state index is 11.4. The fraction of sp³-hybridized carbons (Fsp3) is 0.636. The van der Waals surface area contributed by atoms with E-state index in [0.29, 0.717) is 12.8 Å². The second-order valence-electron chi connectivity index (χ2n) is 4.29. The molecule has 0 N–H and O–H groups in total. The van der Waals surface area contributed by atoms with Gasteiger partial charge >= 0.3 is 10.6 Å². The highest BCUT2D eigenvalue weighted by Crippen LogP contribution is 2.28. The zero-order chi connectivity index (χ0) is 14.5. The van der Waals surface area contributed by atoms with Gasteiger partial charge in [0.05, 0.1) is 12.2 Å². The van der Waals surface area contributed by atoms with Gasteiger partial charge in [0.15, 0.2) is 0 Å². The van der Waals surface area contributed by atoms with Crippen LogP contribution in [0.4, 0.5) is 9.59 Å². The number of fused-ring (bicyclic) bond motifs is 1. The van der Waals surface area contributed by atoms with Crippen LogP contribution >= 0.6 is 42.8 Å². The maximum Gasteiger partial charge on any atom is 0.378 e. The summed E-state index contributed by atoms with van der Waals surface area (Å²) in [5, 5.41) is -1.04. The molecule has 1 aliphatic heterocycles.